The Bertz CT molecular complexity index is 713. The van der Waals surface area contributed by atoms with Crippen LogP contribution in [-0.4, -0.2) is 17.0 Å². The molecule has 2 N–H and O–H groups in total. The minimum Gasteiger partial charge on any atom is -0.530 e. The van der Waals surface area contributed by atoms with Gasteiger partial charge in [0.2, 0.25) is 4.91 Å². The van der Waals surface area contributed by atoms with Crippen molar-refractivity contribution in [3.8, 4) is 0 Å². The maximum atomic E-state index is 10.8. The highest BCUT2D eigenvalue weighted by molar-refractivity contribution is 8.13. The lowest BCUT2D eigenvalue weighted by atomic mass is 9.71. The number of carbonyl (C=O) groups excluding carboxylic acids is 1. The Morgan fingerprint density at radius 3 is 3.18 bits per heavy atom. The van der Waals surface area contributed by atoms with Gasteiger partial charge in [0.1, 0.15) is 11.6 Å². The predicted octanol–water partition coefficient (Wildman–Crippen LogP) is 1.68. The number of benzene rings is 1. The van der Waals surface area contributed by atoms with Gasteiger partial charge in [0.25, 0.3) is 0 Å². The summed E-state index contributed by atoms with van der Waals surface area (Å²) in [5.74, 6) is 1.14. The van der Waals surface area contributed by atoms with Crippen LogP contribution in [0.4, 0.5) is 10.5 Å². The summed E-state index contributed by atoms with van der Waals surface area (Å²) in [4.78, 5) is 18.5. The van der Waals surface area contributed by atoms with Gasteiger partial charge < -0.3 is 15.2 Å². The summed E-state index contributed by atoms with van der Waals surface area (Å²) in [6.45, 7) is 2.02. The molecule has 0 spiro atoms. The van der Waals surface area contributed by atoms with Crippen molar-refractivity contribution in [2.24, 2.45) is 16.0 Å². The second-order valence-corrected chi connectivity index (χ2v) is 6.57. The van der Waals surface area contributed by atoms with Gasteiger partial charge >= 0.3 is 0 Å². The van der Waals surface area contributed by atoms with Crippen LogP contribution in [0.1, 0.15) is 24.5 Å². The number of hydrogen-bond acceptors (Lipinski definition) is 6. The van der Waals surface area contributed by atoms with E-state index in [4.69, 9.17) is 5.53 Å². The number of thioether (sulfide) groups is 1. The van der Waals surface area contributed by atoms with Gasteiger partial charge in [-0.15, -0.1) is 0 Å². The summed E-state index contributed by atoms with van der Waals surface area (Å²) in [6.07, 6.45) is 0.631. The van der Waals surface area contributed by atoms with Crippen molar-refractivity contribution in [1.82, 2.24) is 10.2 Å². The minimum atomic E-state index is -1.35. The molecule has 22 heavy (non-hydrogen) atoms. The van der Waals surface area contributed by atoms with Crippen molar-refractivity contribution in [3.05, 3.63) is 29.3 Å². The van der Waals surface area contributed by atoms with Crippen LogP contribution < -0.4 is 15.3 Å². The van der Waals surface area contributed by atoms with E-state index in [2.05, 4.69) is 20.3 Å². The highest BCUT2D eigenvalue weighted by Gasteiger charge is 2.43. The average molecular weight is 317 g/mol. The molecule has 0 saturated heterocycles. The summed E-state index contributed by atoms with van der Waals surface area (Å²) in [5.41, 5.74) is 9.20. The van der Waals surface area contributed by atoms with Crippen molar-refractivity contribution in [2.45, 2.75) is 25.3 Å². The SMILES string of the molecule is C[C@]12N=C(NC(=O)[O-])SC[C@H]1CCc1ccc(N=[N+]=N)cc12. The summed E-state index contributed by atoms with van der Waals surface area (Å²) in [7, 11) is 0. The van der Waals surface area contributed by atoms with Gasteiger partial charge in [-0.25, -0.2) is 0 Å². The molecule has 1 amide bonds. The van der Waals surface area contributed by atoms with Crippen LogP contribution in [0, 0.1) is 11.4 Å². The molecule has 114 valence electrons. The van der Waals surface area contributed by atoms with Gasteiger partial charge in [0, 0.05) is 5.75 Å². The zero-order valence-electron chi connectivity index (χ0n) is 12.0. The largest absolute Gasteiger partial charge is 0.530 e. The van der Waals surface area contributed by atoms with E-state index in [1.54, 1.807) is 0 Å². The van der Waals surface area contributed by atoms with E-state index in [0.29, 0.717) is 16.8 Å². The molecule has 0 fully saturated rings. The lowest BCUT2D eigenvalue weighted by Crippen LogP contribution is -2.46. The number of carbonyl (C=O) groups is 1. The maximum absolute atomic E-state index is 10.8. The average Bonchev–Trinajstić information content (AvgIpc) is 2.46. The van der Waals surface area contributed by atoms with E-state index in [0.717, 1.165) is 24.2 Å². The molecule has 0 aromatic heterocycles. The molecule has 0 unspecified atom stereocenters. The van der Waals surface area contributed by atoms with Crippen molar-refractivity contribution >= 4 is 28.7 Å². The van der Waals surface area contributed by atoms with E-state index < -0.39 is 11.6 Å². The Balaban J connectivity index is 2.09. The Morgan fingerprint density at radius 1 is 1.64 bits per heavy atom. The Hall–Kier alpha value is -2.18. The normalized spacial score (nSPS) is 26.0. The molecule has 1 aromatic carbocycles. The van der Waals surface area contributed by atoms with Gasteiger partial charge in [-0.1, -0.05) is 17.8 Å². The lowest BCUT2D eigenvalue weighted by Gasteiger charge is -2.43. The highest BCUT2D eigenvalue weighted by Crippen LogP contribution is 2.47. The number of aryl methyl sites for hydroxylation is 1. The van der Waals surface area contributed by atoms with Crippen molar-refractivity contribution < 1.29 is 9.90 Å². The monoisotopic (exact) mass is 317 g/mol. The molecule has 0 bridgehead atoms. The first-order chi connectivity index (χ1) is 10.5. The van der Waals surface area contributed by atoms with Crippen LogP contribution >= 0.6 is 11.8 Å². The van der Waals surface area contributed by atoms with Gasteiger partial charge in [0.05, 0.1) is 5.54 Å². The summed E-state index contributed by atoms with van der Waals surface area (Å²) >= 11 is 1.41. The highest BCUT2D eigenvalue weighted by atomic mass is 32.2. The van der Waals surface area contributed by atoms with Gasteiger partial charge in [-0.05, 0) is 48.9 Å². The molecule has 1 heterocycles. The third kappa shape index (κ3) is 2.51. The minimum absolute atomic E-state index is 0.334. The molecule has 7 nitrogen and oxygen atoms in total. The number of fused-ring (bicyclic) bond motifs is 3. The topological polar surface area (TPSA) is 115 Å². The van der Waals surface area contributed by atoms with E-state index >= 15 is 0 Å². The van der Waals surface area contributed by atoms with Crippen molar-refractivity contribution in [2.75, 3.05) is 5.75 Å². The van der Waals surface area contributed by atoms with E-state index in [-0.39, 0.29) is 0 Å². The van der Waals surface area contributed by atoms with Crippen molar-refractivity contribution in [3.63, 3.8) is 0 Å². The zero-order valence-corrected chi connectivity index (χ0v) is 12.8. The fraction of sp³-hybridized carbons (Fsp3) is 0.429. The summed E-state index contributed by atoms with van der Waals surface area (Å²) in [6, 6.07) is 5.72. The number of carboxylic acid groups (broad SMARTS) is 1. The number of amides is 1. The first-order valence-corrected chi connectivity index (χ1v) is 7.93. The number of hydrogen-bond donors (Lipinski definition) is 2. The fourth-order valence-electron chi connectivity index (χ4n) is 3.18. The second kappa shape index (κ2) is 5.55. The second-order valence-electron chi connectivity index (χ2n) is 5.56. The Kier molecular flexibility index (Phi) is 3.72. The molecule has 8 heteroatoms. The molecule has 0 saturated carbocycles. The fourth-order valence-corrected chi connectivity index (χ4v) is 4.44. The molecule has 2 atom stereocenters. The smallest absolute Gasteiger partial charge is 0.220 e. The Morgan fingerprint density at radius 2 is 2.45 bits per heavy atom. The molecule has 0 radical (unpaired) electrons. The van der Waals surface area contributed by atoms with Crippen molar-refractivity contribution in [1.29, 1.82) is 5.53 Å². The lowest BCUT2D eigenvalue weighted by molar-refractivity contribution is -0.248. The van der Waals surface area contributed by atoms with Gasteiger partial charge in [0.15, 0.2) is 16.0 Å². The number of amidine groups is 1. The predicted molar refractivity (Wildman–Crippen MR) is 81.0 cm³/mol. The van der Waals surface area contributed by atoms with E-state index in [1.165, 1.54) is 17.3 Å². The molecule has 2 aliphatic rings. The molecular weight excluding hydrogens is 302 g/mol. The number of rotatable bonds is 1. The van der Waals surface area contributed by atoms with E-state index in [1.807, 2.05) is 25.1 Å². The van der Waals surface area contributed by atoms with Crippen LogP contribution in [0.2, 0.25) is 0 Å². The Labute approximate surface area is 131 Å². The maximum Gasteiger partial charge on any atom is 0.220 e. The standard InChI is InChI=1S/C14H15N5O2S/c1-14-9(7-22-12(17-14)16-13(20)21)4-2-8-3-5-10(18-19-15)6-11(8)14/h3,5-6,9,15H,2,4,7H2,1H3,(H-,16,17,20,21)/t9-,14+/m1/s1. The van der Waals surface area contributed by atoms with Gasteiger partial charge in [-0.2, -0.15) is 0 Å². The molecular formula is C14H15N5O2S. The third-order valence-electron chi connectivity index (χ3n) is 4.33. The van der Waals surface area contributed by atoms with Crippen LogP contribution in [0.5, 0.6) is 0 Å². The molecule has 1 aromatic rings. The molecule has 1 aliphatic carbocycles. The molecule has 3 rings (SSSR count). The summed E-state index contributed by atoms with van der Waals surface area (Å²) < 4.78 is 0. The first kappa shape index (κ1) is 14.7. The van der Waals surface area contributed by atoms with Crippen LogP contribution in [0.15, 0.2) is 28.3 Å². The quantitative estimate of drug-likeness (QED) is 0.606. The number of aliphatic imine (C=N–C) groups is 1. The van der Waals surface area contributed by atoms with Crippen LogP contribution in [-0.2, 0) is 12.0 Å². The van der Waals surface area contributed by atoms with Gasteiger partial charge in [-0.3, -0.25) is 4.99 Å². The first-order valence-electron chi connectivity index (χ1n) is 6.94. The third-order valence-corrected chi connectivity index (χ3v) is 5.36. The number of nitrogens with one attached hydrogen (secondary N) is 2. The molecule has 1 aliphatic heterocycles. The zero-order chi connectivity index (χ0) is 15.7. The van der Waals surface area contributed by atoms with Crippen LogP contribution in [0.25, 0.3) is 0 Å². The summed E-state index contributed by atoms with van der Waals surface area (Å²) in [5, 5.41) is 17.2. The number of nitrogens with zero attached hydrogens (tertiary/aromatic N) is 3. The van der Waals surface area contributed by atoms with Crippen LogP contribution in [0.3, 0.4) is 0 Å². The van der Waals surface area contributed by atoms with E-state index in [9.17, 15) is 9.90 Å².